The summed E-state index contributed by atoms with van der Waals surface area (Å²) >= 11 is 0. The van der Waals surface area contributed by atoms with Gasteiger partial charge in [-0.3, -0.25) is 4.90 Å². The van der Waals surface area contributed by atoms with Crippen LogP contribution in [0.1, 0.15) is 43.4 Å². The van der Waals surface area contributed by atoms with Crippen LogP contribution in [0.15, 0.2) is 18.3 Å². The highest BCUT2D eigenvalue weighted by Crippen LogP contribution is 2.52. The Morgan fingerprint density at radius 2 is 1.96 bits per heavy atom. The maximum absolute atomic E-state index is 9.26. The van der Waals surface area contributed by atoms with Crippen molar-refractivity contribution in [2.45, 2.75) is 43.7 Å². The Morgan fingerprint density at radius 3 is 2.60 bits per heavy atom. The summed E-state index contributed by atoms with van der Waals surface area (Å²) in [5.74, 6) is 0.948. The molecule has 25 heavy (non-hydrogen) atoms. The number of fused-ring (bicyclic) bond motifs is 2. The van der Waals surface area contributed by atoms with Crippen LogP contribution in [0, 0.1) is 23.2 Å². The van der Waals surface area contributed by atoms with E-state index in [4.69, 9.17) is 9.47 Å². The van der Waals surface area contributed by atoms with Crippen LogP contribution >= 0.6 is 0 Å². The molecule has 0 aromatic carbocycles. The lowest BCUT2D eigenvalue weighted by Gasteiger charge is -2.57. The summed E-state index contributed by atoms with van der Waals surface area (Å²) in [6.07, 6.45) is 7.70. The number of likely N-dealkylation sites (tertiary alicyclic amines) is 1. The number of nitrogens with zero attached hydrogens (tertiary/aromatic N) is 3. The topological polar surface area (TPSA) is 58.4 Å². The number of piperidine rings is 1. The fraction of sp³-hybridized carbons (Fsp3) is 0.700. The highest BCUT2D eigenvalue weighted by Gasteiger charge is 2.54. The van der Waals surface area contributed by atoms with Crippen molar-refractivity contribution >= 4 is 0 Å². The molecule has 3 fully saturated rings. The minimum Gasteiger partial charge on any atom is -0.381 e. The van der Waals surface area contributed by atoms with Gasteiger partial charge in [-0.2, -0.15) is 5.26 Å². The van der Waals surface area contributed by atoms with E-state index in [9.17, 15) is 5.26 Å². The predicted octanol–water partition coefficient (Wildman–Crippen LogP) is 2.71. The molecule has 1 aliphatic carbocycles. The molecule has 1 saturated carbocycles. The van der Waals surface area contributed by atoms with E-state index >= 15 is 0 Å². The van der Waals surface area contributed by atoms with Crippen molar-refractivity contribution < 1.29 is 9.47 Å². The summed E-state index contributed by atoms with van der Waals surface area (Å²) in [6.45, 7) is 3.95. The summed E-state index contributed by atoms with van der Waals surface area (Å²) in [4.78, 5) is 6.85. The van der Waals surface area contributed by atoms with Crippen molar-refractivity contribution in [1.82, 2.24) is 9.88 Å². The number of nitriles is 1. The Labute approximate surface area is 149 Å². The number of hydrogen-bond donors (Lipinski definition) is 0. The van der Waals surface area contributed by atoms with E-state index in [0.29, 0.717) is 23.6 Å². The van der Waals surface area contributed by atoms with Crippen molar-refractivity contribution in [3.05, 3.63) is 29.6 Å². The minimum absolute atomic E-state index is 0.269. The molecule has 1 aromatic rings. The first-order valence-electron chi connectivity index (χ1n) is 9.51. The molecule has 3 atom stereocenters. The zero-order chi connectivity index (χ0) is 17.3. The third-order valence-electron chi connectivity index (χ3n) is 6.60. The zero-order valence-electron chi connectivity index (χ0n) is 15.0. The van der Waals surface area contributed by atoms with Crippen LogP contribution in [0.5, 0.6) is 0 Å². The molecule has 2 bridgehead atoms. The number of hydrogen-bond acceptors (Lipinski definition) is 5. The predicted molar refractivity (Wildman–Crippen MR) is 93.9 cm³/mol. The SMILES string of the molecule is COC1(c2ccnc(C#N)c2)[C@@H]2CCC[C@H]1CN(C1CCOCC1)C2. The van der Waals surface area contributed by atoms with Gasteiger partial charge in [-0.05, 0) is 43.4 Å². The smallest absolute Gasteiger partial charge is 0.140 e. The van der Waals surface area contributed by atoms with Crippen molar-refractivity contribution in [3.8, 4) is 6.07 Å². The van der Waals surface area contributed by atoms with Gasteiger partial charge in [0.2, 0.25) is 0 Å². The molecule has 0 N–H and O–H groups in total. The second-order valence-electron chi connectivity index (χ2n) is 7.66. The molecular weight excluding hydrogens is 314 g/mol. The van der Waals surface area contributed by atoms with Crippen molar-refractivity contribution in [3.63, 3.8) is 0 Å². The average molecular weight is 341 g/mol. The molecule has 0 amide bonds. The largest absolute Gasteiger partial charge is 0.381 e. The van der Waals surface area contributed by atoms with Crippen LogP contribution in [-0.2, 0) is 15.1 Å². The highest BCUT2D eigenvalue weighted by atomic mass is 16.5. The van der Waals surface area contributed by atoms with E-state index in [0.717, 1.165) is 44.7 Å². The molecule has 1 unspecified atom stereocenters. The Hall–Kier alpha value is -1.48. The Bertz CT molecular complexity index is 637. The van der Waals surface area contributed by atoms with Gasteiger partial charge < -0.3 is 9.47 Å². The fourth-order valence-corrected chi connectivity index (χ4v) is 5.47. The lowest BCUT2D eigenvalue weighted by molar-refractivity contribution is -0.177. The van der Waals surface area contributed by atoms with E-state index in [-0.39, 0.29) is 5.60 Å². The third-order valence-corrected chi connectivity index (χ3v) is 6.60. The zero-order valence-corrected chi connectivity index (χ0v) is 15.0. The summed E-state index contributed by atoms with van der Waals surface area (Å²) in [5, 5.41) is 9.26. The van der Waals surface area contributed by atoms with Gasteiger partial charge in [0.1, 0.15) is 17.4 Å². The van der Waals surface area contributed by atoms with Gasteiger partial charge in [-0.1, -0.05) is 6.42 Å². The number of rotatable bonds is 3. The molecule has 0 radical (unpaired) electrons. The lowest BCUT2D eigenvalue weighted by Crippen LogP contribution is -2.61. The van der Waals surface area contributed by atoms with Gasteiger partial charge in [0.15, 0.2) is 0 Å². The Balaban J connectivity index is 1.65. The van der Waals surface area contributed by atoms with Crippen LogP contribution in [-0.4, -0.2) is 49.3 Å². The standard InChI is InChI=1S/C20H27N3O2/c1-24-20(15-5-8-22-18(11-15)12-21)16-3-2-4-17(20)14-23(13-16)19-6-9-25-10-7-19/h5,8,11,16-17,19H,2-4,6-7,9-10,13-14H2,1H3/t16-,17+,20?. The number of aromatic nitrogens is 1. The molecule has 3 aliphatic rings. The molecule has 2 aliphatic heterocycles. The van der Waals surface area contributed by atoms with E-state index in [1.165, 1.54) is 19.3 Å². The molecule has 4 rings (SSSR count). The number of pyridine rings is 1. The van der Waals surface area contributed by atoms with Gasteiger partial charge in [0.05, 0.1) is 0 Å². The van der Waals surface area contributed by atoms with Crippen molar-refractivity contribution in [2.75, 3.05) is 33.4 Å². The second kappa shape index (κ2) is 7.03. The van der Waals surface area contributed by atoms with E-state index in [1.54, 1.807) is 6.20 Å². The summed E-state index contributed by atoms with van der Waals surface area (Å²) < 4.78 is 11.8. The molecule has 1 aromatic heterocycles. The molecular formula is C20H27N3O2. The van der Waals surface area contributed by atoms with Gasteiger partial charge in [0.25, 0.3) is 0 Å². The molecule has 5 nitrogen and oxygen atoms in total. The van der Waals surface area contributed by atoms with Gasteiger partial charge >= 0.3 is 0 Å². The van der Waals surface area contributed by atoms with Gasteiger partial charge in [-0.25, -0.2) is 4.98 Å². The van der Waals surface area contributed by atoms with Crippen molar-refractivity contribution in [2.24, 2.45) is 11.8 Å². The normalized spacial score (nSPS) is 33.8. The first-order chi connectivity index (χ1) is 12.3. The first-order valence-corrected chi connectivity index (χ1v) is 9.51. The number of ether oxygens (including phenoxy) is 2. The summed E-state index contributed by atoms with van der Waals surface area (Å²) in [5.41, 5.74) is 1.36. The Kier molecular flexibility index (Phi) is 4.77. The second-order valence-corrected chi connectivity index (χ2v) is 7.66. The molecule has 5 heteroatoms. The van der Waals surface area contributed by atoms with Crippen LogP contribution in [0.2, 0.25) is 0 Å². The fourth-order valence-electron chi connectivity index (χ4n) is 5.47. The molecule has 3 heterocycles. The maximum Gasteiger partial charge on any atom is 0.140 e. The summed E-state index contributed by atoms with van der Waals surface area (Å²) in [6, 6.07) is 6.83. The Morgan fingerprint density at radius 1 is 1.24 bits per heavy atom. The van der Waals surface area contributed by atoms with E-state index < -0.39 is 0 Å². The van der Waals surface area contributed by atoms with Crippen LogP contribution in [0.25, 0.3) is 0 Å². The number of methoxy groups -OCH3 is 1. The van der Waals surface area contributed by atoms with Crippen molar-refractivity contribution in [1.29, 1.82) is 5.26 Å². The quantitative estimate of drug-likeness (QED) is 0.846. The molecule has 0 spiro atoms. The maximum atomic E-state index is 9.26. The first kappa shape index (κ1) is 17.0. The highest BCUT2D eigenvalue weighted by molar-refractivity contribution is 5.32. The summed E-state index contributed by atoms with van der Waals surface area (Å²) in [7, 11) is 1.85. The monoisotopic (exact) mass is 341 g/mol. The van der Waals surface area contributed by atoms with Crippen LogP contribution in [0.3, 0.4) is 0 Å². The molecule has 2 saturated heterocycles. The molecule has 134 valence electrons. The average Bonchev–Trinajstić information content (AvgIpc) is 2.67. The van der Waals surface area contributed by atoms with Crippen LogP contribution < -0.4 is 0 Å². The lowest BCUT2D eigenvalue weighted by atomic mass is 9.62. The van der Waals surface area contributed by atoms with E-state index in [2.05, 4.69) is 22.0 Å². The van der Waals surface area contributed by atoms with Gasteiger partial charge in [0, 0.05) is 57.5 Å². The van der Waals surface area contributed by atoms with Gasteiger partial charge in [-0.15, -0.1) is 0 Å². The third kappa shape index (κ3) is 2.87. The van der Waals surface area contributed by atoms with Crippen LogP contribution in [0.4, 0.5) is 0 Å². The minimum atomic E-state index is -0.269. The van der Waals surface area contributed by atoms with E-state index in [1.807, 2.05) is 13.2 Å².